The molecule has 3 aromatic rings. The van der Waals surface area contributed by atoms with Crippen LogP contribution in [-0.4, -0.2) is 22.1 Å². The van der Waals surface area contributed by atoms with E-state index in [0.717, 1.165) is 11.3 Å². The second-order valence-corrected chi connectivity index (χ2v) is 5.74. The minimum atomic E-state index is 0.364. The summed E-state index contributed by atoms with van der Waals surface area (Å²) in [4.78, 5) is 12.5. The lowest BCUT2D eigenvalue weighted by atomic mass is 10.2. The highest BCUT2D eigenvalue weighted by molar-refractivity contribution is 6.30. The van der Waals surface area contributed by atoms with E-state index >= 15 is 0 Å². The minimum absolute atomic E-state index is 0.364. The van der Waals surface area contributed by atoms with Crippen molar-refractivity contribution in [1.82, 2.24) is 15.0 Å². The van der Waals surface area contributed by atoms with Crippen LogP contribution in [0.15, 0.2) is 42.9 Å². The lowest BCUT2D eigenvalue weighted by molar-refractivity contribution is 0.416. The summed E-state index contributed by atoms with van der Waals surface area (Å²) in [5.74, 6) is 2.18. The van der Waals surface area contributed by atoms with Crippen LogP contribution in [0.5, 0.6) is 5.75 Å². The Morgan fingerprint density at radius 2 is 1.80 bits per heavy atom. The van der Waals surface area contributed by atoms with Gasteiger partial charge in [-0.1, -0.05) is 17.7 Å². The number of ether oxygens (including phenoxy) is 1. The van der Waals surface area contributed by atoms with E-state index in [0.29, 0.717) is 33.9 Å². The molecule has 0 saturated carbocycles. The summed E-state index contributed by atoms with van der Waals surface area (Å²) in [5, 5.41) is 6.78. The maximum atomic E-state index is 6.19. The smallest absolute Gasteiger partial charge is 0.160 e. The number of aryl methyl sites for hydroxylation is 1. The van der Waals surface area contributed by atoms with Crippen LogP contribution >= 0.6 is 11.6 Å². The van der Waals surface area contributed by atoms with Gasteiger partial charge in [0.25, 0.3) is 0 Å². The van der Waals surface area contributed by atoms with Crippen LogP contribution in [0.3, 0.4) is 0 Å². The molecule has 2 heterocycles. The van der Waals surface area contributed by atoms with Crippen molar-refractivity contribution < 1.29 is 4.74 Å². The van der Waals surface area contributed by atoms with E-state index in [1.165, 1.54) is 12.5 Å². The Kier molecular flexibility index (Phi) is 4.85. The van der Waals surface area contributed by atoms with Crippen molar-refractivity contribution in [2.45, 2.75) is 6.92 Å². The molecule has 7 nitrogen and oxygen atoms in total. The summed E-state index contributed by atoms with van der Waals surface area (Å²) in [6.07, 6.45) is 2.96. The van der Waals surface area contributed by atoms with Crippen LogP contribution in [0.4, 0.5) is 28.8 Å². The summed E-state index contributed by atoms with van der Waals surface area (Å²) in [5.41, 5.74) is 8.41. The van der Waals surface area contributed by atoms with Crippen molar-refractivity contribution in [1.29, 1.82) is 0 Å². The number of nitrogen functional groups attached to an aromatic ring is 1. The monoisotopic (exact) mass is 356 g/mol. The highest BCUT2D eigenvalue weighted by atomic mass is 35.5. The Balaban J connectivity index is 1.88. The van der Waals surface area contributed by atoms with Gasteiger partial charge >= 0.3 is 0 Å². The van der Waals surface area contributed by atoms with Gasteiger partial charge in [-0.05, 0) is 36.8 Å². The van der Waals surface area contributed by atoms with Gasteiger partial charge < -0.3 is 21.1 Å². The Morgan fingerprint density at radius 1 is 1.04 bits per heavy atom. The number of nitrogens with two attached hydrogens (primary N) is 1. The predicted octanol–water partition coefficient (Wildman–Crippen LogP) is 3.91. The number of nitrogens with zero attached hydrogens (tertiary/aromatic N) is 3. The molecule has 1 aromatic carbocycles. The SMILES string of the molecule is COc1ccc(C)cc1Nc1ncnc(Nc2ccc(Cl)cn2)c1N. The maximum Gasteiger partial charge on any atom is 0.160 e. The largest absolute Gasteiger partial charge is 0.495 e. The average Bonchev–Trinajstić information content (AvgIpc) is 2.60. The van der Waals surface area contributed by atoms with Gasteiger partial charge in [0.2, 0.25) is 0 Å². The van der Waals surface area contributed by atoms with E-state index in [2.05, 4.69) is 25.6 Å². The molecule has 0 aliphatic rings. The van der Waals surface area contributed by atoms with Crippen LogP contribution < -0.4 is 21.1 Å². The summed E-state index contributed by atoms with van der Waals surface area (Å²) in [7, 11) is 1.61. The van der Waals surface area contributed by atoms with Crippen LogP contribution in [0.1, 0.15) is 5.56 Å². The Morgan fingerprint density at radius 3 is 2.48 bits per heavy atom. The molecule has 3 rings (SSSR count). The van der Waals surface area contributed by atoms with Crippen LogP contribution in [-0.2, 0) is 0 Å². The molecule has 2 aromatic heterocycles. The van der Waals surface area contributed by atoms with Gasteiger partial charge in [-0.25, -0.2) is 15.0 Å². The fourth-order valence-corrected chi connectivity index (χ4v) is 2.32. The molecular weight excluding hydrogens is 340 g/mol. The maximum absolute atomic E-state index is 6.19. The molecule has 4 N–H and O–H groups in total. The molecule has 0 fully saturated rings. The van der Waals surface area contributed by atoms with Crippen LogP contribution in [0.25, 0.3) is 0 Å². The number of aromatic nitrogens is 3. The topological polar surface area (TPSA) is 98.0 Å². The molecule has 0 saturated heterocycles. The third kappa shape index (κ3) is 3.89. The number of benzene rings is 1. The zero-order valence-electron chi connectivity index (χ0n) is 13.7. The van der Waals surface area contributed by atoms with E-state index in [1.54, 1.807) is 19.2 Å². The molecule has 0 aliphatic heterocycles. The Labute approximate surface area is 150 Å². The van der Waals surface area contributed by atoms with Crippen molar-refractivity contribution in [3.63, 3.8) is 0 Å². The summed E-state index contributed by atoms with van der Waals surface area (Å²) in [6, 6.07) is 9.26. The first kappa shape index (κ1) is 16.8. The fourth-order valence-electron chi connectivity index (χ4n) is 2.21. The second-order valence-electron chi connectivity index (χ2n) is 5.30. The number of hydrogen-bond acceptors (Lipinski definition) is 7. The number of nitrogens with one attached hydrogen (secondary N) is 2. The van der Waals surface area contributed by atoms with E-state index in [1.807, 2.05) is 25.1 Å². The second kappa shape index (κ2) is 7.23. The lowest BCUT2D eigenvalue weighted by Crippen LogP contribution is -2.06. The van der Waals surface area contributed by atoms with Gasteiger partial charge in [-0.15, -0.1) is 0 Å². The quantitative estimate of drug-likeness (QED) is 0.637. The zero-order chi connectivity index (χ0) is 17.8. The first-order chi connectivity index (χ1) is 12.1. The van der Waals surface area contributed by atoms with Crippen LogP contribution in [0, 0.1) is 6.92 Å². The lowest BCUT2D eigenvalue weighted by Gasteiger charge is -2.14. The molecule has 0 bridgehead atoms. The van der Waals surface area contributed by atoms with Gasteiger partial charge in [-0.2, -0.15) is 0 Å². The average molecular weight is 357 g/mol. The Bertz CT molecular complexity index is 885. The molecule has 0 radical (unpaired) electrons. The third-order valence-electron chi connectivity index (χ3n) is 3.47. The fraction of sp³-hybridized carbons (Fsp3) is 0.118. The standard InChI is InChI=1S/C17H17ClN6O/c1-10-3-5-13(25-2)12(7-10)23-16-15(19)17(22-9-21-16)24-14-6-4-11(18)8-20-14/h3-9H,19H2,1-2H3,(H2,20,21,22,23,24). The van der Waals surface area contributed by atoms with E-state index in [4.69, 9.17) is 22.1 Å². The first-order valence-corrected chi connectivity index (χ1v) is 7.85. The van der Waals surface area contributed by atoms with E-state index in [-0.39, 0.29) is 0 Å². The molecular formula is C17H17ClN6O. The third-order valence-corrected chi connectivity index (χ3v) is 3.69. The minimum Gasteiger partial charge on any atom is -0.495 e. The molecule has 25 heavy (non-hydrogen) atoms. The van der Waals surface area contributed by atoms with Gasteiger partial charge in [0.05, 0.1) is 17.8 Å². The van der Waals surface area contributed by atoms with Gasteiger partial charge in [0.15, 0.2) is 11.6 Å². The van der Waals surface area contributed by atoms with Crippen molar-refractivity contribution in [2.24, 2.45) is 0 Å². The molecule has 0 aliphatic carbocycles. The van der Waals surface area contributed by atoms with Crippen molar-refractivity contribution >= 4 is 40.4 Å². The highest BCUT2D eigenvalue weighted by Crippen LogP contribution is 2.32. The number of pyridine rings is 1. The zero-order valence-corrected chi connectivity index (χ0v) is 14.5. The highest BCUT2D eigenvalue weighted by Gasteiger charge is 2.11. The number of anilines is 5. The predicted molar refractivity (Wildman–Crippen MR) is 100.0 cm³/mol. The molecule has 0 amide bonds. The van der Waals surface area contributed by atoms with Crippen molar-refractivity contribution in [3.8, 4) is 5.75 Å². The number of methoxy groups -OCH3 is 1. The summed E-state index contributed by atoms with van der Waals surface area (Å²) in [6.45, 7) is 1.99. The molecule has 0 spiro atoms. The Hall–Kier alpha value is -3.06. The van der Waals surface area contributed by atoms with E-state index < -0.39 is 0 Å². The summed E-state index contributed by atoms with van der Waals surface area (Å²) >= 11 is 5.84. The molecule has 8 heteroatoms. The van der Waals surface area contributed by atoms with Gasteiger partial charge in [-0.3, -0.25) is 0 Å². The number of rotatable bonds is 5. The van der Waals surface area contributed by atoms with Gasteiger partial charge in [0, 0.05) is 6.20 Å². The number of halogens is 1. The first-order valence-electron chi connectivity index (χ1n) is 7.47. The van der Waals surface area contributed by atoms with Crippen molar-refractivity contribution in [3.05, 3.63) is 53.4 Å². The molecule has 128 valence electrons. The number of hydrogen-bond donors (Lipinski definition) is 3. The summed E-state index contributed by atoms with van der Waals surface area (Å²) < 4.78 is 5.36. The molecule has 0 unspecified atom stereocenters. The van der Waals surface area contributed by atoms with Gasteiger partial charge in [0.1, 0.15) is 23.6 Å². The molecule has 0 atom stereocenters. The van der Waals surface area contributed by atoms with E-state index in [9.17, 15) is 0 Å². The van der Waals surface area contributed by atoms with Crippen LogP contribution in [0.2, 0.25) is 5.02 Å². The van der Waals surface area contributed by atoms with Crippen molar-refractivity contribution in [2.75, 3.05) is 23.5 Å². The normalized spacial score (nSPS) is 10.4.